The average Bonchev–Trinajstić information content (AvgIpc) is 2.14. The Morgan fingerprint density at radius 2 is 2.50 bits per heavy atom. The third-order valence-corrected chi connectivity index (χ3v) is 1.83. The Morgan fingerprint density at radius 3 is 2.90 bits per heavy atom. The zero-order valence-electron chi connectivity index (χ0n) is 6.12. The van der Waals surface area contributed by atoms with Crippen molar-refractivity contribution in [1.29, 1.82) is 0 Å². The van der Waals surface area contributed by atoms with Crippen LogP contribution in [-0.2, 0) is 9.57 Å². The van der Waals surface area contributed by atoms with Crippen molar-refractivity contribution in [3.63, 3.8) is 0 Å². The third-order valence-electron chi connectivity index (χ3n) is 1.83. The lowest BCUT2D eigenvalue weighted by Crippen LogP contribution is -2.19. The van der Waals surface area contributed by atoms with Gasteiger partial charge in [0, 0.05) is 6.00 Å². The summed E-state index contributed by atoms with van der Waals surface area (Å²) in [5.74, 6) is 5.30. The van der Waals surface area contributed by atoms with E-state index >= 15 is 0 Å². The Balaban J connectivity index is 2.27. The van der Waals surface area contributed by atoms with E-state index in [0.717, 1.165) is 6.42 Å². The standard InChI is InChI=1S/C6H12BNO2/c1-4-2-5(3-9-8)10-6(4)7/h4-6H,2-3,8H2,1H3. The molecule has 3 atom stereocenters. The minimum atomic E-state index is -0.139. The van der Waals surface area contributed by atoms with E-state index in [-0.39, 0.29) is 12.1 Å². The summed E-state index contributed by atoms with van der Waals surface area (Å²) in [4.78, 5) is 4.44. The van der Waals surface area contributed by atoms with Gasteiger partial charge in [0.25, 0.3) is 0 Å². The maximum Gasteiger partial charge on any atom is 0.109 e. The van der Waals surface area contributed by atoms with E-state index in [0.29, 0.717) is 12.5 Å². The van der Waals surface area contributed by atoms with Gasteiger partial charge in [0.2, 0.25) is 0 Å². The van der Waals surface area contributed by atoms with Crippen LogP contribution in [0.1, 0.15) is 13.3 Å². The zero-order valence-corrected chi connectivity index (χ0v) is 6.12. The monoisotopic (exact) mass is 141 g/mol. The van der Waals surface area contributed by atoms with E-state index in [2.05, 4.69) is 11.8 Å². The molecule has 0 saturated carbocycles. The summed E-state index contributed by atoms with van der Waals surface area (Å²) in [7, 11) is 5.58. The summed E-state index contributed by atoms with van der Waals surface area (Å²) in [5, 5.41) is 0. The summed E-state index contributed by atoms with van der Waals surface area (Å²) < 4.78 is 5.29. The van der Waals surface area contributed by atoms with Crippen molar-refractivity contribution in [3.8, 4) is 0 Å². The molecular weight excluding hydrogens is 129 g/mol. The molecule has 2 N–H and O–H groups in total. The van der Waals surface area contributed by atoms with E-state index in [1.165, 1.54) is 0 Å². The van der Waals surface area contributed by atoms with Gasteiger partial charge in [-0.1, -0.05) is 6.92 Å². The van der Waals surface area contributed by atoms with Crippen LogP contribution in [0.5, 0.6) is 0 Å². The molecule has 1 heterocycles. The molecule has 1 aliphatic heterocycles. The van der Waals surface area contributed by atoms with Crippen LogP contribution in [0.4, 0.5) is 0 Å². The second-order valence-corrected chi connectivity index (χ2v) is 2.77. The molecule has 1 saturated heterocycles. The summed E-state index contributed by atoms with van der Waals surface area (Å²) in [6.45, 7) is 2.50. The number of hydrogen-bond donors (Lipinski definition) is 1. The topological polar surface area (TPSA) is 44.5 Å². The maximum atomic E-state index is 5.58. The van der Waals surface area contributed by atoms with Crippen LogP contribution in [0.15, 0.2) is 0 Å². The van der Waals surface area contributed by atoms with Gasteiger partial charge in [-0.05, 0) is 12.3 Å². The largest absolute Gasteiger partial charge is 0.382 e. The minimum absolute atomic E-state index is 0.0926. The lowest BCUT2D eigenvalue weighted by molar-refractivity contribution is 0.00507. The van der Waals surface area contributed by atoms with Gasteiger partial charge in [-0.25, -0.2) is 5.90 Å². The van der Waals surface area contributed by atoms with Gasteiger partial charge >= 0.3 is 0 Å². The fourth-order valence-electron chi connectivity index (χ4n) is 1.18. The zero-order chi connectivity index (χ0) is 7.56. The van der Waals surface area contributed by atoms with Crippen LogP contribution in [0, 0.1) is 5.92 Å². The van der Waals surface area contributed by atoms with Crippen LogP contribution in [0.3, 0.4) is 0 Å². The molecule has 0 spiro atoms. The molecule has 4 heteroatoms. The van der Waals surface area contributed by atoms with Gasteiger partial charge < -0.3 is 9.57 Å². The molecule has 1 rings (SSSR count). The molecule has 0 aliphatic carbocycles. The Kier molecular flexibility index (Phi) is 2.71. The normalized spacial score (nSPS) is 40.4. The third kappa shape index (κ3) is 1.72. The van der Waals surface area contributed by atoms with Crippen LogP contribution in [0.25, 0.3) is 0 Å². The molecule has 10 heavy (non-hydrogen) atoms. The fraction of sp³-hybridized carbons (Fsp3) is 1.00. The maximum absolute atomic E-state index is 5.58. The van der Waals surface area contributed by atoms with E-state index < -0.39 is 0 Å². The Labute approximate surface area is 62.2 Å². The lowest BCUT2D eigenvalue weighted by Gasteiger charge is -2.08. The van der Waals surface area contributed by atoms with E-state index in [1.807, 2.05) is 0 Å². The number of rotatable bonds is 2. The molecule has 0 aromatic heterocycles. The van der Waals surface area contributed by atoms with Crippen molar-refractivity contribution in [1.82, 2.24) is 0 Å². The first-order valence-corrected chi connectivity index (χ1v) is 3.46. The molecule has 0 bridgehead atoms. The van der Waals surface area contributed by atoms with Crippen molar-refractivity contribution < 1.29 is 9.57 Å². The summed E-state index contributed by atoms with van der Waals surface area (Å²) in [6.07, 6.45) is 1.04. The Hall–Kier alpha value is -0.0551. The predicted molar refractivity (Wildman–Crippen MR) is 38.3 cm³/mol. The van der Waals surface area contributed by atoms with Crippen LogP contribution < -0.4 is 5.90 Å². The van der Waals surface area contributed by atoms with Gasteiger partial charge in [0.15, 0.2) is 0 Å². The summed E-state index contributed by atoms with van der Waals surface area (Å²) in [5.41, 5.74) is 0. The summed E-state index contributed by atoms with van der Waals surface area (Å²) in [6, 6.07) is -0.139. The van der Waals surface area contributed by atoms with Crippen molar-refractivity contribution in [2.75, 3.05) is 6.61 Å². The smallest absolute Gasteiger partial charge is 0.109 e. The fourth-order valence-corrected chi connectivity index (χ4v) is 1.18. The minimum Gasteiger partial charge on any atom is -0.382 e. The van der Waals surface area contributed by atoms with Gasteiger partial charge in [0.1, 0.15) is 7.85 Å². The lowest BCUT2D eigenvalue weighted by atomic mass is 9.88. The highest BCUT2D eigenvalue weighted by molar-refractivity contribution is 6.11. The molecule has 1 aliphatic rings. The molecule has 56 valence electrons. The first-order valence-electron chi connectivity index (χ1n) is 3.46. The van der Waals surface area contributed by atoms with E-state index in [4.69, 9.17) is 18.5 Å². The molecule has 0 amide bonds. The van der Waals surface area contributed by atoms with Crippen molar-refractivity contribution in [3.05, 3.63) is 0 Å². The Morgan fingerprint density at radius 1 is 1.80 bits per heavy atom. The van der Waals surface area contributed by atoms with E-state index in [1.54, 1.807) is 0 Å². The number of ether oxygens (including phenoxy) is 1. The molecule has 3 unspecified atom stereocenters. The molecular formula is C6H12BNO2. The molecule has 0 aromatic rings. The van der Waals surface area contributed by atoms with Crippen LogP contribution in [-0.4, -0.2) is 26.6 Å². The van der Waals surface area contributed by atoms with Gasteiger partial charge in [-0.2, -0.15) is 0 Å². The second-order valence-electron chi connectivity index (χ2n) is 2.77. The van der Waals surface area contributed by atoms with Crippen molar-refractivity contribution in [2.24, 2.45) is 11.8 Å². The van der Waals surface area contributed by atoms with Gasteiger partial charge in [-0.15, -0.1) is 0 Å². The highest BCUT2D eigenvalue weighted by atomic mass is 16.6. The Bertz CT molecular complexity index is 102. The SMILES string of the molecule is [B]C1OC(CON)CC1C. The van der Waals surface area contributed by atoms with Crippen molar-refractivity contribution in [2.45, 2.75) is 25.5 Å². The van der Waals surface area contributed by atoms with Gasteiger partial charge in [0.05, 0.1) is 12.7 Å². The first kappa shape index (κ1) is 8.05. The second kappa shape index (κ2) is 3.37. The molecule has 2 radical (unpaired) electrons. The molecule has 0 aromatic carbocycles. The van der Waals surface area contributed by atoms with Crippen LogP contribution >= 0.6 is 0 Å². The highest BCUT2D eigenvalue weighted by Gasteiger charge is 2.27. The predicted octanol–water partition coefficient (Wildman–Crippen LogP) is -0.204. The number of nitrogens with two attached hydrogens (primary N) is 1. The first-order chi connectivity index (χ1) is 4.74. The summed E-state index contributed by atoms with van der Waals surface area (Å²) >= 11 is 0. The highest BCUT2D eigenvalue weighted by Crippen LogP contribution is 2.23. The van der Waals surface area contributed by atoms with Crippen molar-refractivity contribution >= 4 is 7.85 Å². The van der Waals surface area contributed by atoms with E-state index in [9.17, 15) is 0 Å². The quantitative estimate of drug-likeness (QED) is 0.427. The number of hydrogen-bond acceptors (Lipinski definition) is 3. The average molecular weight is 141 g/mol. The molecule has 3 nitrogen and oxygen atoms in total. The van der Waals surface area contributed by atoms with Crippen LogP contribution in [0.2, 0.25) is 0 Å². The molecule has 1 fully saturated rings. The van der Waals surface area contributed by atoms with Gasteiger partial charge in [-0.3, -0.25) is 0 Å².